The molecule has 0 spiro atoms. The van der Waals surface area contributed by atoms with E-state index >= 15 is 0 Å². The Morgan fingerprint density at radius 2 is 1.86 bits per heavy atom. The highest BCUT2D eigenvalue weighted by Crippen LogP contribution is 2.30. The number of primary amides is 1. The summed E-state index contributed by atoms with van der Waals surface area (Å²) in [4.78, 5) is 19.8. The minimum absolute atomic E-state index is 0.0936. The lowest BCUT2D eigenvalue weighted by molar-refractivity contribution is -0.00549. The van der Waals surface area contributed by atoms with Gasteiger partial charge in [0.15, 0.2) is 0 Å². The third-order valence-electron chi connectivity index (χ3n) is 5.38. The quantitative estimate of drug-likeness (QED) is 0.699. The van der Waals surface area contributed by atoms with Gasteiger partial charge >= 0.3 is 6.03 Å². The van der Waals surface area contributed by atoms with Gasteiger partial charge in [-0.05, 0) is 45.4 Å². The summed E-state index contributed by atoms with van der Waals surface area (Å²) in [5.74, 6) is 0.646. The number of nitrogens with one attached hydrogen (secondary N) is 1. The SMILES string of the molecule is C[C@@H](COC1CCC(Oc2nc3cnc(OC4CC4)cc3n2C)CC1)NC(N)=O. The van der Waals surface area contributed by atoms with Crippen molar-refractivity contribution in [3.63, 3.8) is 0 Å². The van der Waals surface area contributed by atoms with Crippen LogP contribution in [0.5, 0.6) is 11.9 Å². The van der Waals surface area contributed by atoms with Crippen LogP contribution < -0.4 is 20.5 Å². The number of urea groups is 1. The minimum atomic E-state index is -0.526. The smallest absolute Gasteiger partial charge is 0.312 e. The van der Waals surface area contributed by atoms with Crippen molar-refractivity contribution in [3.8, 4) is 11.9 Å². The van der Waals surface area contributed by atoms with Gasteiger partial charge in [0, 0.05) is 13.1 Å². The topological polar surface area (TPSA) is 114 Å². The fourth-order valence-corrected chi connectivity index (χ4v) is 3.61. The van der Waals surface area contributed by atoms with Crippen molar-refractivity contribution in [2.24, 2.45) is 12.8 Å². The molecule has 2 heterocycles. The normalized spacial score (nSPS) is 23.0. The predicted octanol–water partition coefficient (Wildman–Crippen LogP) is 2.27. The molecular weight excluding hydrogens is 374 g/mol. The first kappa shape index (κ1) is 19.8. The van der Waals surface area contributed by atoms with Crippen LogP contribution in [-0.4, -0.2) is 51.5 Å². The van der Waals surface area contributed by atoms with Gasteiger partial charge in [0.25, 0.3) is 6.01 Å². The second-order valence-corrected chi connectivity index (χ2v) is 8.04. The van der Waals surface area contributed by atoms with E-state index in [1.54, 1.807) is 6.20 Å². The number of nitrogens with two attached hydrogens (primary N) is 1. The van der Waals surface area contributed by atoms with E-state index in [-0.39, 0.29) is 18.2 Å². The number of aryl methyl sites for hydroxylation is 1. The Hall–Kier alpha value is -2.55. The predicted molar refractivity (Wildman–Crippen MR) is 107 cm³/mol. The monoisotopic (exact) mass is 403 g/mol. The second-order valence-electron chi connectivity index (χ2n) is 8.04. The number of aromatic nitrogens is 3. The van der Waals surface area contributed by atoms with Crippen molar-refractivity contribution in [1.82, 2.24) is 19.9 Å². The summed E-state index contributed by atoms with van der Waals surface area (Å²) < 4.78 is 19.8. The van der Waals surface area contributed by atoms with Crippen LogP contribution in [0.4, 0.5) is 4.79 Å². The first-order chi connectivity index (χ1) is 14.0. The summed E-state index contributed by atoms with van der Waals surface area (Å²) in [6.45, 7) is 2.34. The summed E-state index contributed by atoms with van der Waals surface area (Å²) in [6, 6.07) is 1.92. The molecule has 2 aromatic rings. The molecule has 2 saturated carbocycles. The zero-order valence-corrected chi connectivity index (χ0v) is 17.0. The number of imidazole rings is 1. The van der Waals surface area contributed by atoms with Crippen molar-refractivity contribution < 1.29 is 19.0 Å². The highest BCUT2D eigenvalue weighted by molar-refractivity contribution is 5.76. The number of hydrogen-bond donors (Lipinski definition) is 2. The Kier molecular flexibility index (Phi) is 5.75. The number of ether oxygens (including phenoxy) is 3. The van der Waals surface area contributed by atoms with Crippen LogP contribution >= 0.6 is 0 Å². The molecule has 2 amide bonds. The third-order valence-corrected chi connectivity index (χ3v) is 5.38. The zero-order valence-electron chi connectivity index (χ0n) is 17.0. The number of nitrogens with zero attached hydrogens (tertiary/aromatic N) is 3. The molecule has 0 bridgehead atoms. The first-order valence-corrected chi connectivity index (χ1v) is 10.3. The lowest BCUT2D eigenvalue weighted by Crippen LogP contribution is -2.40. The average molecular weight is 403 g/mol. The first-order valence-electron chi connectivity index (χ1n) is 10.3. The van der Waals surface area contributed by atoms with E-state index in [9.17, 15) is 4.79 Å². The van der Waals surface area contributed by atoms with Crippen LogP contribution in [-0.2, 0) is 11.8 Å². The largest absolute Gasteiger partial charge is 0.474 e. The molecule has 0 aliphatic heterocycles. The second kappa shape index (κ2) is 8.44. The molecule has 4 rings (SSSR count). The molecule has 0 saturated heterocycles. The number of amides is 2. The molecule has 9 nitrogen and oxygen atoms in total. The lowest BCUT2D eigenvalue weighted by atomic mass is 9.95. The zero-order chi connectivity index (χ0) is 20.4. The van der Waals surface area contributed by atoms with Gasteiger partial charge in [0.2, 0.25) is 5.88 Å². The van der Waals surface area contributed by atoms with Crippen LogP contribution in [0, 0.1) is 0 Å². The van der Waals surface area contributed by atoms with E-state index in [4.69, 9.17) is 19.9 Å². The number of hydrogen-bond acceptors (Lipinski definition) is 6. The van der Waals surface area contributed by atoms with Crippen LogP contribution in [0.25, 0.3) is 11.0 Å². The standard InChI is InChI=1S/C20H29N5O4/c1-12(23-19(21)26)11-27-13-3-5-15(6-4-13)29-20-24-16-10-22-18(28-14-7-8-14)9-17(16)25(20)2/h9-10,12-15H,3-8,11H2,1-2H3,(H3,21,23,26)/t12-,13?,15?/m0/s1. The number of rotatable bonds is 8. The maximum Gasteiger partial charge on any atom is 0.312 e. The van der Waals surface area contributed by atoms with E-state index in [0.717, 1.165) is 49.6 Å². The molecule has 2 aliphatic carbocycles. The van der Waals surface area contributed by atoms with Gasteiger partial charge in [-0.3, -0.25) is 4.57 Å². The molecule has 2 aliphatic rings. The van der Waals surface area contributed by atoms with Gasteiger partial charge in [-0.1, -0.05) is 0 Å². The molecule has 158 valence electrons. The van der Waals surface area contributed by atoms with Crippen LogP contribution in [0.15, 0.2) is 12.3 Å². The van der Waals surface area contributed by atoms with Crippen molar-refractivity contribution in [1.29, 1.82) is 0 Å². The van der Waals surface area contributed by atoms with Gasteiger partial charge in [-0.25, -0.2) is 9.78 Å². The summed E-state index contributed by atoms with van der Waals surface area (Å²) in [7, 11) is 1.95. The van der Waals surface area contributed by atoms with Gasteiger partial charge in [-0.15, -0.1) is 0 Å². The highest BCUT2D eigenvalue weighted by Gasteiger charge is 2.26. The van der Waals surface area contributed by atoms with E-state index in [0.29, 0.717) is 24.6 Å². The number of carbonyl (C=O) groups is 1. The Labute approximate surface area is 169 Å². The van der Waals surface area contributed by atoms with Crippen molar-refractivity contribution in [2.45, 2.75) is 69.8 Å². The number of carbonyl (C=O) groups excluding carboxylic acids is 1. The van der Waals surface area contributed by atoms with Crippen LogP contribution in [0.2, 0.25) is 0 Å². The maximum atomic E-state index is 10.9. The summed E-state index contributed by atoms with van der Waals surface area (Å²) >= 11 is 0. The van der Waals surface area contributed by atoms with Gasteiger partial charge in [0.1, 0.15) is 17.7 Å². The van der Waals surface area contributed by atoms with Crippen molar-refractivity contribution in [3.05, 3.63) is 12.3 Å². The van der Waals surface area contributed by atoms with Gasteiger partial charge < -0.3 is 25.3 Å². The molecule has 0 aromatic carbocycles. The molecule has 9 heteroatoms. The molecule has 0 radical (unpaired) electrons. The third kappa shape index (κ3) is 5.09. The molecule has 0 unspecified atom stereocenters. The van der Waals surface area contributed by atoms with Crippen LogP contribution in [0.1, 0.15) is 45.4 Å². The summed E-state index contributed by atoms with van der Waals surface area (Å²) in [5.41, 5.74) is 6.89. The van der Waals surface area contributed by atoms with Gasteiger partial charge in [-0.2, -0.15) is 4.98 Å². The number of pyridine rings is 1. The highest BCUT2D eigenvalue weighted by atomic mass is 16.5. The van der Waals surface area contributed by atoms with Crippen LogP contribution in [0.3, 0.4) is 0 Å². The minimum Gasteiger partial charge on any atom is -0.474 e. The van der Waals surface area contributed by atoms with E-state index in [1.165, 1.54) is 0 Å². The fraction of sp³-hybridized carbons (Fsp3) is 0.650. The molecular formula is C20H29N5O4. The Morgan fingerprint density at radius 1 is 1.21 bits per heavy atom. The number of fused-ring (bicyclic) bond motifs is 1. The van der Waals surface area contributed by atoms with E-state index in [2.05, 4.69) is 15.3 Å². The van der Waals surface area contributed by atoms with E-state index < -0.39 is 6.03 Å². The van der Waals surface area contributed by atoms with E-state index in [1.807, 2.05) is 24.6 Å². The molecule has 2 aromatic heterocycles. The molecule has 2 fully saturated rings. The molecule has 29 heavy (non-hydrogen) atoms. The molecule has 3 N–H and O–H groups in total. The van der Waals surface area contributed by atoms with Gasteiger partial charge in [0.05, 0.1) is 30.5 Å². The maximum absolute atomic E-state index is 10.9. The molecule has 1 atom stereocenters. The Morgan fingerprint density at radius 3 is 2.55 bits per heavy atom. The van der Waals surface area contributed by atoms with Crippen molar-refractivity contribution in [2.75, 3.05) is 6.61 Å². The Balaban J connectivity index is 1.29. The summed E-state index contributed by atoms with van der Waals surface area (Å²) in [6.07, 6.45) is 8.19. The van der Waals surface area contributed by atoms with Crippen molar-refractivity contribution >= 4 is 17.1 Å². The average Bonchev–Trinajstić information content (AvgIpc) is 3.45. The Bertz CT molecular complexity index is 858. The lowest BCUT2D eigenvalue weighted by Gasteiger charge is -2.29. The summed E-state index contributed by atoms with van der Waals surface area (Å²) in [5, 5.41) is 2.62. The fourth-order valence-electron chi connectivity index (χ4n) is 3.61.